The van der Waals surface area contributed by atoms with E-state index in [2.05, 4.69) is 23.6 Å². The van der Waals surface area contributed by atoms with Crippen molar-refractivity contribution in [2.45, 2.75) is 70.8 Å². The summed E-state index contributed by atoms with van der Waals surface area (Å²) < 4.78 is 13.6. The van der Waals surface area contributed by atoms with E-state index in [9.17, 15) is 4.39 Å². The maximum atomic E-state index is 13.6. The van der Waals surface area contributed by atoms with Crippen LogP contribution in [0.4, 0.5) is 4.39 Å². The topological polar surface area (TPSA) is 6.48 Å². The third kappa shape index (κ3) is 2.97. The van der Waals surface area contributed by atoms with Crippen molar-refractivity contribution in [2.75, 3.05) is 19.6 Å². The van der Waals surface area contributed by atoms with Gasteiger partial charge in [-0.1, -0.05) is 13.3 Å². The van der Waals surface area contributed by atoms with Crippen LogP contribution in [-0.2, 0) is 0 Å². The fourth-order valence-electron chi connectivity index (χ4n) is 4.53. The zero-order chi connectivity index (χ0) is 13.4. The van der Waals surface area contributed by atoms with Crippen LogP contribution in [-0.4, -0.2) is 47.8 Å². The molecule has 2 heterocycles. The summed E-state index contributed by atoms with van der Waals surface area (Å²) in [7, 11) is 0. The van der Waals surface area contributed by atoms with Crippen LogP contribution in [0.3, 0.4) is 0 Å². The van der Waals surface area contributed by atoms with Crippen molar-refractivity contribution in [3.8, 4) is 0 Å². The Balaban J connectivity index is 1.60. The van der Waals surface area contributed by atoms with Crippen LogP contribution in [0.1, 0.15) is 52.4 Å². The maximum Gasteiger partial charge on any atom is 0.100 e. The molecule has 3 fully saturated rings. The number of hydrogen-bond acceptors (Lipinski definition) is 2. The number of rotatable bonds is 2. The smallest absolute Gasteiger partial charge is 0.100 e. The quantitative estimate of drug-likeness (QED) is 0.758. The van der Waals surface area contributed by atoms with Crippen LogP contribution >= 0.6 is 0 Å². The first-order valence-corrected chi connectivity index (χ1v) is 8.27. The first kappa shape index (κ1) is 13.8. The normalized spacial score (nSPS) is 45.3. The highest BCUT2D eigenvalue weighted by Crippen LogP contribution is 2.34. The van der Waals surface area contributed by atoms with Crippen molar-refractivity contribution in [3.05, 3.63) is 0 Å². The number of halogens is 1. The maximum absolute atomic E-state index is 13.6. The average molecular weight is 268 g/mol. The predicted octanol–water partition coefficient (Wildman–Crippen LogP) is 3.28. The lowest BCUT2D eigenvalue weighted by Gasteiger charge is -2.39. The first-order valence-electron chi connectivity index (χ1n) is 8.27. The van der Waals surface area contributed by atoms with E-state index in [0.29, 0.717) is 18.1 Å². The second-order valence-electron chi connectivity index (χ2n) is 7.29. The minimum absolute atomic E-state index is 0.529. The van der Waals surface area contributed by atoms with Gasteiger partial charge in [-0.05, 0) is 50.9 Å². The molecule has 2 nitrogen and oxygen atoms in total. The molecule has 3 rings (SSSR count). The van der Waals surface area contributed by atoms with E-state index in [1.54, 1.807) is 0 Å². The largest absolute Gasteiger partial charge is 0.286 e. The van der Waals surface area contributed by atoms with Crippen LogP contribution in [0.25, 0.3) is 0 Å². The van der Waals surface area contributed by atoms with Crippen molar-refractivity contribution in [1.29, 1.82) is 0 Å². The molecule has 5 unspecified atom stereocenters. The van der Waals surface area contributed by atoms with Gasteiger partial charge in [0, 0.05) is 25.7 Å². The molecule has 19 heavy (non-hydrogen) atoms. The zero-order valence-electron chi connectivity index (χ0n) is 12.5. The minimum Gasteiger partial charge on any atom is -0.286 e. The van der Waals surface area contributed by atoms with E-state index in [0.717, 1.165) is 31.7 Å². The second-order valence-corrected chi connectivity index (χ2v) is 7.29. The molecular weight excluding hydrogens is 239 g/mol. The summed E-state index contributed by atoms with van der Waals surface area (Å²) in [5.74, 6) is 1.46. The Labute approximate surface area is 117 Å². The lowest BCUT2D eigenvalue weighted by molar-refractivity contribution is 0.0469. The Kier molecular flexibility index (Phi) is 4.14. The summed E-state index contributed by atoms with van der Waals surface area (Å²) in [6.07, 6.45) is 6.76. The van der Waals surface area contributed by atoms with Gasteiger partial charge < -0.3 is 0 Å². The lowest BCUT2D eigenvalue weighted by atomic mass is 9.87. The van der Waals surface area contributed by atoms with E-state index >= 15 is 0 Å². The average Bonchev–Trinajstić information content (AvgIpc) is 2.65. The van der Waals surface area contributed by atoms with Crippen LogP contribution in [0.15, 0.2) is 0 Å². The Morgan fingerprint density at radius 2 is 1.89 bits per heavy atom. The molecule has 2 aliphatic heterocycles. The zero-order valence-corrected chi connectivity index (χ0v) is 12.5. The molecule has 0 bridgehead atoms. The van der Waals surface area contributed by atoms with Gasteiger partial charge in [-0.2, -0.15) is 0 Å². The Bertz CT molecular complexity index is 309. The Morgan fingerprint density at radius 3 is 2.68 bits per heavy atom. The lowest BCUT2D eigenvalue weighted by Crippen LogP contribution is -2.46. The van der Waals surface area contributed by atoms with Crippen LogP contribution < -0.4 is 0 Å². The number of alkyl halides is 1. The highest BCUT2D eigenvalue weighted by atomic mass is 19.1. The molecular formula is C16H29FN2. The van der Waals surface area contributed by atoms with Crippen molar-refractivity contribution >= 4 is 0 Å². The standard InChI is InChI=1S/C16H29FN2/c1-12-6-7-16-18(9-12)10-13(2)19(16)11-14-4-3-5-15(17)8-14/h12-16H,3-11H2,1-2H3. The van der Waals surface area contributed by atoms with Crippen LogP contribution in [0.5, 0.6) is 0 Å². The van der Waals surface area contributed by atoms with Gasteiger partial charge in [0.2, 0.25) is 0 Å². The third-order valence-corrected chi connectivity index (χ3v) is 5.52. The fraction of sp³-hybridized carbons (Fsp3) is 1.00. The molecule has 0 radical (unpaired) electrons. The van der Waals surface area contributed by atoms with Crippen LogP contribution in [0, 0.1) is 11.8 Å². The molecule has 1 saturated carbocycles. The number of fused-ring (bicyclic) bond motifs is 1. The van der Waals surface area contributed by atoms with E-state index in [4.69, 9.17) is 0 Å². The second kappa shape index (κ2) is 5.69. The van der Waals surface area contributed by atoms with Gasteiger partial charge in [-0.25, -0.2) is 4.39 Å². The summed E-state index contributed by atoms with van der Waals surface area (Å²) in [6.45, 7) is 8.36. The molecule has 1 aliphatic carbocycles. The number of hydrogen-bond donors (Lipinski definition) is 0. The number of nitrogens with zero attached hydrogens (tertiary/aromatic N) is 2. The Morgan fingerprint density at radius 1 is 1.05 bits per heavy atom. The van der Waals surface area contributed by atoms with Crippen LogP contribution in [0.2, 0.25) is 0 Å². The van der Waals surface area contributed by atoms with Gasteiger partial charge in [0.25, 0.3) is 0 Å². The Hall–Kier alpha value is -0.150. The fourth-order valence-corrected chi connectivity index (χ4v) is 4.53. The molecule has 0 aromatic carbocycles. The van der Waals surface area contributed by atoms with Crippen molar-refractivity contribution in [1.82, 2.24) is 9.80 Å². The van der Waals surface area contributed by atoms with E-state index in [1.165, 1.54) is 32.4 Å². The summed E-state index contributed by atoms with van der Waals surface area (Å²) in [5, 5.41) is 0. The monoisotopic (exact) mass is 268 g/mol. The molecule has 0 amide bonds. The van der Waals surface area contributed by atoms with E-state index in [-0.39, 0.29) is 0 Å². The van der Waals surface area contributed by atoms with Crippen molar-refractivity contribution in [2.24, 2.45) is 11.8 Å². The van der Waals surface area contributed by atoms with Gasteiger partial charge in [-0.15, -0.1) is 0 Å². The molecule has 0 spiro atoms. The highest BCUT2D eigenvalue weighted by Gasteiger charge is 2.40. The number of piperidine rings is 1. The molecule has 0 aromatic heterocycles. The third-order valence-electron chi connectivity index (χ3n) is 5.52. The molecule has 5 atom stereocenters. The summed E-state index contributed by atoms with van der Waals surface area (Å²) >= 11 is 0. The molecule has 2 saturated heterocycles. The highest BCUT2D eigenvalue weighted by molar-refractivity contribution is 4.92. The molecule has 110 valence electrons. The van der Waals surface area contributed by atoms with Gasteiger partial charge in [-0.3, -0.25) is 9.80 Å². The van der Waals surface area contributed by atoms with E-state index in [1.807, 2.05) is 0 Å². The van der Waals surface area contributed by atoms with Gasteiger partial charge >= 0.3 is 0 Å². The summed E-state index contributed by atoms with van der Waals surface area (Å²) in [6, 6.07) is 0.662. The molecule has 0 N–H and O–H groups in total. The van der Waals surface area contributed by atoms with Crippen molar-refractivity contribution in [3.63, 3.8) is 0 Å². The van der Waals surface area contributed by atoms with Gasteiger partial charge in [0.05, 0.1) is 6.17 Å². The summed E-state index contributed by atoms with van der Waals surface area (Å²) in [4.78, 5) is 5.36. The van der Waals surface area contributed by atoms with Gasteiger partial charge in [0.15, 0.2) is 0 Å². The molecule has 3 heteroatoms. The molecule has 3 aliphatic rings. The minimum atomic E-state index is -0.529. The first-order chi connectivity index (χ1) is 9.13. The SMILES string of the molecule is CC1CCC2N(C1)CC(C)N2CC1CCCC(F)C1. The summed E-state index contributed by atoms with van der Waals surface area (Å²) in [5.41, 5.74) is 0. The van der Waals surface area contributed by atoms with Crippen molar-refractivity contribution < 1.29 is 4.39 Å². The molecule has 0 aromatic rings. The van der Waals surface area contributed by atoms with Gasteiger partial charge in [0.1, 0.15) is 6.17 Å². The van der Waals surface area contributed by atoms with E-state index < -0.39 is 6.17 Å². The predicted molar refractivity (Wildman–Crippen MR) is 76.8 cm³/mol.